The zero-order chi connectivity index (χ0) is 10.6. The van der Waals surface area contributed by atoms with Gasteiger partial charge in [0.15, 0.2) is 0 Å². The topological polar surface area (TPSA) is 35.5 Å². The Kier molecular flexibility index (Phi) is 3.95. The molecule has 0 bridgehead atoms. The highest BCUT2D eigenvalue weighted by molar-refractivity contribution is 9.10. The van der Waals surface area contributed by atoms with Crippen molar-refractivity contribution in [1.82, 2.24) is 0 Å². The maximum Gasteiger partial charge on any atom is 0.310 e. The normalized spacial score (nSPS) is 9.64. The van der Waals surface area contributed by atoms with E-state index in [1.807, 2.05) is 0 Å². The van der Waals surface area contributed by atoms with Crippen molar-refractivity contribution in [1.29, 1.82) is 0 Å². The van der Waals surface area contributed by atoms with Crippen LogP contribution in [0, 0.1) is 0 Å². The fraction of sp³-hybridized carbons (Fsp3) is 0.300. The van der Waals surface area contributed by atoms with Crippen molar-refractivity contribution in [3.05, 3.63) is 22.7 Å². The van der Waals surface area contributed by atoms with Crippen molar-refractivity contribution in [2.75, 3.05) is 7.11 Å². The fourth-order valence-electron chi connectivity index (χ4n) is 0.886. The van der Waals surface area contributed by atoms with Crippen LogP contribution < -0.4 is 9.47 Å². The predicted octanol–water partition coefficient (Wildman–Crippen LogP) is 2.77. The molecule has 0 atom stereocenters. The first kappa shape index (κ1) is 11.0. The van der Waals surface area contributed by atoms with Crippen LogP contribution in [0.25, 0.3) is 0 Å². The van der Waals surface area contributed by atoms with Gasteiger partial charge in [-0.2, -0.15) is 0 Å². The van der Waals surface area contributed by atoms with Crippen LogP contribution in [0.15, 0.2) is 22.7 Å². The number of rotatable bonds is 3. The number of hydrogen-bond donors (Lipinski definition) is 0. The van der Waals surface area contributed by atoms with Gasteiger partial charge < -0.3 is 9.47 Å². The summed E-state index contributed by atoms with van der Waals surface area (Å²) in [6.45, 7) is 1.75. The van der Waals surface area contributed by atoms with E-state index in [4.69, 9.17) is 9.47 Å². The minimum atomic E-state index is -0.254. The molecular weight excluding hydrogens is 248 g/mol. The predicted molar refractivity (Wildman–Crippen MR) is 56.6 cm³/mol. The Morgan fingerprint density at radius 2 is 2.21 bits per heavy atom. The molecule has 1 aromatic carbocycles. The van der Waals surface area contributed by atoms with Gasteiger partial charge in [-0.3, -0.25) is 4.79 Å². The summed E-state index contributed by atoms with van der Waals surface area (Å²) in [5, 5.41) is 0. The van der Waals surface area contributed by atoms with Gasteiger partial charge >= 0.3 is 5.97 Å². The molecule has 1 rings (SSSR count). The molecular formula is C10H11BrO3. The van der Waals surface area contributed by atoms with Crippen LogP contribution in [0.3, 0.4) is 0 Å². The average molecular weight is 259 g/mol. The van der Waals surface area contributed by atoms with Gasteiger partial charge in [-0.05, 0) is 34.1 Å². The molecule has 0 aliphatic rings. The molecule has 0 saturated heterocycles. The van der Waals surface area contributed by atoms with Crippen molar-refractivity contribution < 1.29 is 14.3 Å². The highest BCUT2D eigenvalue weighted by Crippen LogP contribution is 2.29. The number of carbonyl (C=O) groups excluding carboxylic acids is 1. The average Bonchev–Trinajstić information content (AvgIpc) is 2.20. The SMILES string of the molecule is CCC(=O)Oc1ccc(OC)cc1Br. The van der Waals surface area contributed by atoms with E-state index < -0.39 is 0 Å². The lowest BCUT2D eigenvalue weighted by Gasteiger charge is -2.06. The lowest BCUT2D eigenvalue weighted by Crippen LogP contribution is -2.05. The smallest absolute Gasteiger partial charge is 0.310 e. The van der Waals surface area contributed by atoms with Gasteiger partial charge in [-0.1, -0.05) is 6.92 Å². The quantitative estimate of drug-likeness (QED) is 0.618. The van der Waals surface area contributed by atoms with Gasteiger partial charge in [0.05, 0.1) is 11.6 Å². The molecule has 4 heteroatoms. The fourth-order valence-corrected chi connectivity index (χ4v) is 1.32. The van der Waals surface area contributed by atoms with Gasteiger partial charge in [0.25, 0.3) is 0 Å². The summed E-state index contributed by atoms with van der Waals surface area (Å²) in [4.78, 5) is 11.0. The molecule has 14 heavy (non-hydrogen) atoms. The van der Waals surface area contributed by atoms with E-state index in [0.717, 1.165) is 0 Å². The van der Waals surface area contributed by atoms with Crippen LogP contribution in [0.1, 0.15) is 13.3 Å². The standard InChI is InChI=1S/C10H11BrO3/c1-3-10(12)14-9-5-4-7(13-2)6-8(9)11/h4-6H,3H2,1-2H3. The molecule has 0 aromatic heterocycles. The summed E-state index contributed by atoms with van der Waals surface area (Å²) in [5.41, 5.74) is 0. The summed E-state index contributed by atoms with van der Waals surface area (Å²) >= 11 is 3.29. The second-order valence-corrected chi connectivity index (χ2v) is 3.48. The summed E-state index contributed by atoms with van der Waals surface area (Å²) in [6.07, 6.45) is 0.360. The number of hydrogen-bond acceptors (Lipinski definition) is 3. The third kappa shape index (κ3) is 2.73. The molecule has 0 fully saturated rings. The molecule has 0 aliphatic heterocycles. The monoisotopic (exact) mass is 258 g/mol. The molecule has 0 saturated carbocycles. The third-order valence-electron chi connectivity index (χ3n) is 1.65. The molecule has 0 heterocycles. The summed E-state index contributed by atoms with van der Waals surface area (Å²) in [7, 11) is 1.58. The van der Waals surface area contributed by atoms with Gasteiger partial charge in [0, 0.05) is 6.42 Å². The summed E-state index contributed by atoms with van der Waals surface area (Å²) < 4.78 is 10.8. The third-order valence-corrected chi connectivity index (χ3v) is 2.27. The number of ether oxygens (including phenoxy) is 2. The Hall–Kier alpha value is -1.03. The molecule has 0 spiro atoms. The molecule has 3 nitrogen and oxygen atoms in total. The highest BCUT2D eigenvalue weighted by atomic mass is 79.9. The van der Waals surface area contributed by atoms with Gasteiger partial charge in [0.1, 0.15) is 11.5 Å². The Labute approximate surface area is 91.1 Å². The maximum absolute atomic E-state index is 11.0. The van der Waals surface area contributed by atoms with E-state index in [-0.39, 0.29) is 5.97 Å². The van der Waals surface area contributed by atoms with Crippen LogP contribution in [0.4, 0.5) is 0 Å². The number of carbonyl (C=O) groups is 1. The Morgan fingerprint density at radius 3 is 2.71 bits per heavy atom. The van der Waals surface area contributed by atoms with E-state index in [1.165, 1.54) is 0 Å². The van der Waals surface area contributed by atoms with Crippen LogP contribution in [-0.2, 0) is 4.79 Å². The first-order chi connectivity index (χ1) is 6.67. The van der Waals surface area contributed by atoms with Gasteiger partial charge in [-0.15, -0.1) is 0 Å². The van der Waals surface area contributed by atoms with Crippen molar-refractivity contribution in [3.63, 3.8) is 0 Å². The van der Waals surface area contributed by atoms with Crippen molar-refractivity contribution in [2.45, 2.75) is 13.3 Å². The van der Waals surface area contributed by atoms with Crippen molar-refractivity contribution in [3.8, 4) is 11.5 Å². The number of benzene rings is 1. The van der Waals surface area contributed by atoms with E-state index in [9.17, 15) is 4.79 Å². The molecule has 1 aromatic rings. The minimum absolute atomic E-state index is 0.254. The zero-order valence-corrected chi connectivity index (χ0v) is 9.63. The van der Waals surface area contributed by atoms with Crippen LogP contribution in [0.5, 0.6) is 11.5 Å². The lowest BCUT2D eigenvalue weighted by atomic mass is 10.3. The molecule has 0 amide bonds. The summed E-state index contributed by atoms with van der Waals surface area (Å²) in [5.74, 6) is 0.974. The Morgan fingerprint density at radius 1 is 1.50 bits per heavy atom. The molecule has 76 valence electrons. The number of methoxy groups -OCH3 is 1. The molecule has 0 N–H and O–H groups in total. The van der Waals surface area contributed by atoms with Crippen molar-refractivity contribution >= 4 is 21.9 Å². The molecule has 0 radical (unpaired) electrons. The number of halogens is 1. The lowest BCUT2D eigenvalue weighted by molar-refractivity contribution is -0.134. The first-order valence-corrected chi connectivity index (χ1v) is 5.01. The van der Waals surface area contributed by atoms with Crippen LogP contribution in [0.2, 0.25) is 0 Å². The summed E-state index contributed by atoms with van der Waals surface area (Å²) in [6, 6.07) is 5.18. The highest BCUT2D eigenvalue weighted by Gasteiger charge is 2.06. The Balaban J connectivity index is 2.83. The van der Waals surface area contributed by atoms with E-state index in [2.05, 4.69) is 15.9 Å². The van der Waals surface area contributed by atoms with Crippen LogP contribution >= 0.6 is 15.9 Å². The second kappa shape index (κ2) is 5.00. The van der Waals surface area contributed by atoms with Gasteiger partial charge in [0.2, 0.25) is 0 Å². The van der Waals surface area contributed by atoms with E-state index >= 15 is 0 Å². The van der Waals surface area contributed by atoms with Gasteiger partial charge in [-0.25, -0.2) is 0 Å². The maximum atomic E-state index is 11.0. The first-order valence-electron chi connectivity index (χ1n) is 4.21. The largest absolute Gasteiger partial charge is 0.497 e. The van der Waals surface area contributed by atoms with E-state index in [1.54, 1.807) is 32.2 Å². The molecule has 0 unspecified atom stereocenters. The zero-order valence-electron chi connectivity index (χ0n) is 8.04. The minimum Gasteiger partial charge on any atom is -0.497 e. The second-order valence-electron chi connectivity index (χ2n) is 2.62. The van der Waals surface area contributed by atoms with Crippen LogP contribution in [-0.4, -0.2) is 13.1 Å². The molecule has 0 aliphatic carbocycles. The number of esters is 1. The van der Waals surface area contributed by atoms with Crippen molar-refractivity contribution in [2.24, 2.45) is 0 Å². The Bertz CT molecular complexity index is 336. The van der Waals surface area contributed by atoms with E-state index in [0.29, 0.717) is 22.4 Å².